The molecule has 1 unspecified atom stereocenters. The van der Waals surface area contributed by atoms with Gasteiger partial charge in [-0.05, 0) is 24.6 Å². The van der Waals surface area contributed by atoms with Gasteiger partial charge in [0.1, 0.15) is 0 Å². The average Bonchev–Trinajstić information content (AvgIpc) is 2.81. The monoisotopic (exact) mass is 444 g/mol. The first-order valence-corrected chi connectivity index (χ1v) is 9.83. The first-order chi connectivity index (χ1) is 15.3. The van der Waals surface area contributed by atoms with Gasteiger partial charge in [0.2, 0.25) is 11.7 Å². The van der Waals surface area contributed by atoms with Crippen LogP contribution < -0.4 is 24.8 Å². The Morgan fingerprint density at radius 2 is 1.50 bits per heavy atom. The molecule has 0 heterocycles. The minimum Gasteiger partial charge on any atom is -0.493 e. The summed E-state index contributed by atoms with van der Waals surface area (Å²) >= 11 is 0. The topological polar surface area (TPSA) is 112 Å². The molecular formula is C23H28N2O7. The Kier molecular flexibility index (Phi) is 8.88. The molecule has 0 aromatic heterocycles. The van der Waals surface area contributed by atoms with Crippen LogP contribution in [0.5, 0.6) is 17.2 Å². The third kappa shape index (κ3) is 6.37. The number of methoxy groups -OCH3 is 4. The van der Waals surface area contributed by atoms with Gasteiger partial charge in [0.05, 0.1) is 47.4 Å². The van der Waals surface area contributed by atoms with E-state index in [9.17, 15) is 14.4 Å². The molecule has 0 aliphatic heterocycles. The van der Waals surface area contributed by atoms with Crippen LogP contribution in [-0.2, 0) is 14.3 Å². The number of carbonyl (C=O) groups excluding carboxylic acids is 3. The van der Waals surface area contributed by atoms with Crippen molar-refractivity contribution >= 4 is 17.8 Å². The van der Waals surface area contributed by atoms with E-state index in [-0.39, 0.29) is 18.5 Å². The van der Waals surface area contributed by atoms with Gasteiger partial charge in [0, 0.05) is 5.56 Å². The fourth-order valence-electron chi connectivity index (χ4n) is 3.02. The molecule has 2 aromatic rings. The van der Waals surface area contributed by atoms with E-state index >= 15 is 0 Å². The third-order valence-corrected chi connectivity index (χ3v) is 4.75. The summed E-state index contributed by atoms with van der Waals surface area (Å²) in [5.74, 6) is -0.428. The quantitative estimate of drug-likeness (QED) is 0.540. The number of esters is 1. The first kappa shape index (κ1) is 24.5. The van der Waals surface area contributed by atoms with Crippen LogP contribution >= 0.6 is 0 Å². The van der Waals surface area contributed by atoms with Gasteiger partial charge < -0.3 is 29.6 Å². The van der Waals surface area contributed by atoms with E-state index < -0.39 is 23.8 Å². The number of hydrogen-bond donors (Lipinski definition) is 2. The Morgan fingerprint density at radius 1 is 0.906 bits per heavy atom. The van der Waals surface area contributed by atoms with Crippen molar-refractivity contribution in [1.82, 2.24) is 10.6 Å². The number of ether oxygens (including phenoxy) is 4. The number of amides is 2. The minimum absolute atomic E-state index is 0.0356. The molecule has 0 bridgehead atoms. The Bertz CT molecular complexity index is 932. The molecule has 2 aromatic carbocycles. The number of hydrogen-bond acceptors (Lipinski definition) is 7. The summed E-state index contributed by atoms with van der Waals surface area (Å²) in [6.07, 6.45) is -0.0356. The molecule has 9 nitrogen and oxygen atoms in total. The second-order valence-electron chi connectivity index (χ2n) is 6.91. The molecule has 0 aliphatic rings. The zero-order valence-electron chi connectivity index (χ0n) is 18.8. The van der Waals surface area contributed by atoms with Crippen molar-refractivity contribution in [3.63, 3.8) is 0 Å². The number of benzene rings is 2. The van der Waals surface area contributed by atoms with Crippen LogP contribution in [0.15, 0.2) is 36.4 Å². The predicted molar refractivity (Wildman–Crippen MR) is 117 cm³/mol. The fourth-order valence-corrected chi connectivity index (χ4v) is 3.02. The normalized spacial score (nSPS) is 11.2. The molecule has 2 amide bonds. The van der Waals surface area contributed by atoms with E-state index in [1.54, 1.807) is 0 Å². The summed E-state index contributed by atoms with van der Waals surface area (Å²) in [5.41, 5.74) is 2.04. The van der Waals surface area contributed by atoms with E-state index in [4.69, 9.17) is 18.9 Å². The molecular weight excluding hydrogens is 416 g/mol. The second-order valence-corrected chi connectivity index (χ2v) is 6.91. The van der Waals surface area contributed by atoms with Crippen LogP contribution in [0.1, 0.15) is 33.9 Å². The standard InChI is InChI=1S/C23H28N2O7/c1-14-6-8-15(9-7-14)17(12-21(27)31-4)25-20(26)13-24-23(28)16-10-18(29-2)22(32-5)19(11-16)30-3/h6-11,17H,12-13H2,1-5H3,(H,24,28)(H,25,26). The highest BCUT2D eigenvalue weighted by Crippen LogP contribution is 2.38. The van der Waals surface area contributed by atoms with Crippen LogP contribution in [0, 0.1) is 6.92 Å². The lowest BCUT2D eigenvalue weighted by atomic mass is 10.0. The highest BCUT2D eigenvalue weighted by Gasteiger charge is 2.21. The maximum Gasteiger partial charge on any atom is 0.307 e. The van der Waals surface area contributed by atoms with Crippen LogP contribution in [0.25, 0.3) is 0 Å². The summed E-state index contributed by atoms with van der Waals surface area (Å²) < 4.78 is 20.5. The maximum atomic E-state index is 12.6. The van der Waals surface area contributed by atoms with Crippen LogP contribution in [0.2, 0.25) is 0 Å². The molecule has 1 atom stereocenters. The Hall–Kier alpha value is -3.75. The van der Waals surface area contributed by atoms with Crippen molar-refractivity contribution in [2.45, 2.75) is 19.4 Å². The predicted octanol–water partition coefficient (Wildman–Crippen LogP) is 2.17. The first-order valence-electron chi connectivity index (χ1n) is 9.83. The molecule has 0 spiro atoms. The number of aryl methyl sites for hydroxylation is 1. The molecule has 0 radical (unpaired) electrons. The van der Waals surface area contributed by atoms with Crippen molar-refractivity contribution in [3.05, 3.63) is 53.1 Å². The number of rotatable bonds is 10. The van der Waals surface area contributed by atoms with Crippen molar-refractivity contribution < 1.29 is 33.3 Å². The molecule has 9 heteroatoms. The summed E-state index contributed by atoms with van der Waals surface area (Å²) in [4.78, 5) is 36.9. The van der Waals surface area contributed by atoms with Crippen molar-refractivity contribution in [2.24, 2.45) is 0 Å². The van der Waals surface area contributed by atoms with Gasteiger partial charge in [-0.2, -0.15) is 0 Å². The van der Waals surface area contributed by atoms with E-state index in [0.29, 0.717) is 17.2 Å². The largest absolute Gasteiger partial charge is 0.493 e. The maximum absolute atomic E-state index is 12.6. The summed E-state index contributed by atoms with van der Waals surface area (Å²) in [6, 6.07) is 9.82. The molecule has 0 aliphatic carbocycles. The highest BCUT2D eigenvalue weighted by atomic mass is 16.5. The summed E-state index contributed by atoms with van der Waals surface area (Å²) in [7, 11) is 5.63. The lowest BCUT2D eigenvalue weighted by Crippen LogP contribution is -2.39. The molecule has 2 rings (SSSR count). The smallest absolute Gasteiger partial charge is 0.307 e. The van der Waals surface area contributed by atoms with Crippen LogP contribution in [0.3, 0.4) is 0 Å². The van der Waals surface area contributed by atoms with Crippen molar-refractivity contribution in [3.8, 4) is 17.2 Å². The van der Waals surface area contributed by atoms with E-state index in [2.05, 4.69) is 10.6 Å². The van der Waals surface area contributed by atoms with Gasteiger partial charge in [-0.25, -0.2) is 0 Å². The Balaban J connectivity index is 2.08. The molecule has 172 valence electrons. The Labute approximate surface area is 187 Å². The SMILES string of the molecule is COC(=O)CC(NC(=O)CNC(=O)c1cc(OC)c(OC)c(OC)c1)c1ccc(C)cc1. The zero-order valence-corrected chi connectivity index (χ0v) is 18.8. The Morgan fingerprint density at radius 3 is 2.00 bits per heavy atom. The average molecular weight is 444 g/mol. The van der Waals surface area contributed by atoms with E-state index in [1.807, 2.05) is 31.2 Å². The van der Waals surface area contributed by atoms with E-state index in [1.165, 1.54) is 40.6 Å². The third-order valence-electron chi connectivity index (χ3n) is 4.75. The highest BCUT2D eigenvalue weighted by molar-refractivity contribution is 5.97. The summed E-state index contributed by atoms with van der Waals surface area (Å²) in [6.45, 7) is 1.65. The van der Waals surface area contributed by atoms with Crippen molar-refractivity contribution in [1.29, 1.82) is 0 Å². The fraction of sp³-hybridized carbons (Fsp3) is 0.348. The number of carbonyl (C=O) groups is 3. The zero-order chi connectivity index (χ0) is 23.7. The second kappa shape index (κ2) is 11.6. The molecule has 0 fully saturated rings. The van der Waals surface area contributed by atoms with Gasteiger partial charge in [0.25, 0.3) is 5.91 Å². The molecule has 32 heavy (non-hydrogen) atoms. The van der Waals surface area contributed by atoms with Gasteiger partial charge in [-0.15, -0.1) is 0 Å². The minimum atomic E-state index is -0.589. The van der Waals surface area contributed by atoms with Gasteiger partial charge in [-0.1, -0.05) is 29.8 Å². The molecule has 0 saturated carbocycles. The number of nitrogens with one attached hydrogen (secondary N) is 2. The van der Waals surface area contributed by atoms with Gasteiger partial charge in [-0.3, -0.25) is 14.4 Å². The lowest BCUT2D eigenvalue weighted by molar-refractivity contribution is -0.141. The van der Waals surface area contributed by atoms with E-state index in [0.717, 1.165) is 11.1 Å². The van der Waals surface area contributed by atoms with Crippen molar-refractivity contribution in [2.75, 3.05) is 35.0 Å². The van der Waals surface area contributed by atoms with Crippen LogP contribution in [0.4, 0.5) is 0 Å². The molecule has 2 N–H and O–H groups in total. The van der Waals surface area contributed by atoms with Gasteiger partial charge in [0.15, 0.2) is 11.5 Å². The van der Waals surface area contributed by atoms with Crippen LogP contribution in [-0.4, -0.2) is 52.8 Å². The molecule has 0 saturated heterocycles. The van der Waals surface area contributed by atoms with Gasteiger partial charge >= 0.3 is 5.97 Å². The lowest BCUT2D eigenvalue weighted by Gasteiger charge is -2.19. The summed E-state index contributed by atoms with van der Waals surface area (Å²) in [5, 5.41) is 5.32.